The Bertz CT molecular complexity index is 670. The van der Waals surface area contributed by atoms with Gasteiger partial charge in [0, 0.05) is 24.2 Å². The second-order valence-electron chi connectivity index (χ2n) is 4.52. The van der Waals surface area contributed by atoms with Crippen LogP contribution in [-0.4, -0.2) is 55.6 Å². The summed E-state index contributed by atoms with van der Waals surface area (Å²) in [4.78, 5) is 25.3. The van der Waals surface area contributed by atoms with E-state index < -0.39 is 12.0 Å². The Balaban J connectivity index is 1.96. The Hall–Kier alpha value is -2.02. The largest absolute Gasteiger partial charge is 0.480 e. The lowest BCUT2D eigenvalue weighted by Gasteiger charge is -2.32. The third-order valence-corrected chi connectivity index (χ3v) is 4.35. The molecule has 1 atom stereocenters. The van der Waals surface area contributed by atoms with Crippen molar-refractivity contribution in [2.45, 2.75) is 6.04 Å². The molecule has 0 radical (unpaired) electrons. The number of pyridine rings is 1. The fourth-order valence-corrected chi connectivity index (χ4v) is 3.34. The quantitative estimate of drug-likeness (QED) is 0.892. The Labute approximate surface area is 119 Å². The Kier molecular flexibility index (Phi) is 3.35. The zero-order chi connectivity index (χ0) is 14.1. The van der Waals surface area contributed by atoms with Crippen molar-refractivity contribution in [3.05, 3.63) is 36.2 Å². The number of fused-ring (bicyclic) bond motifs is 1. The van der Waals surface area contributed by atoms with Gasteiger partial charge in [0.15, 0.2) is 0 Å². The maximum atomic E-state index is 12.6. The predicted molar refractivity (Wildman–Crippen MR) is 75.0 cm³/mol. The number of rotatable bonds is 2. The van der Waals surface area contributed by atoms with Gasteiger partial charge in [0.25, 0.3) is 5.91 Å². The Morgan fingerprint density at radius 1 is 1.40 bits per heavy atom. The minimum absolute atomic E-state index is 0.265. The van der Waals surface area contributed by atoms with Gasteiger partial charge in [-0.15, -0.1) is 0 Å². The van der Waals surface area contributed by atoms with Crippen molar-refractivity contribution in [1.82, 2.24) is 14.5 Å². The number of carboxylic acids is 1. The van der Waals surface area contributed by atoms with Crippen molar-refractivity contribution in [1.29, 1.82) is 0 Å². The molecule has 2 aromatic rings. The molecule has 0 aliphatic carbocycles. The van der Waals surface area contributed by atoms with Crippen LogP contribution in [0.15, 0.2) is 30.6 Å². The summed E-state index contributed by atoms with van der Waals surface area (Å²) in [5, 5.41) is 13.4. The van der Waals surface area contributed by atoms with E-state index in [0.717, 1.165) is 5.75 Å². The monoisotopic (exact) mass is 291 g/mol. The number of hydrogen-bond donors (Lipinski definition) is 1. The summed E-state index contributed by atoms with van der Waals surface area (Å²) in [6.45, 7) is 0.449. The van der Waals surface area contributed by atoms with Crippen molar-refractivity contribution in [3.8, 4) is 0 Å². The number of thioether (sulfide) groups is 1. The maximum Gasteiger partial charge on any atom is 0.327 e. The fraction of sp³-hybridized carbons (Fsp3) is 0.308. The number of amides is 1. The molecule has 1 unspecified atom stereocenters. The molecule has 6 nitrogen and oxygen atoms in total. The van der Waals surface area contributed by atoms with Crippen molar-refractivity contribution in [3.63, 3.8) is 0 Å². The fourth-order valence-electron chi connectivity index (χ4n) is 2.31. The van der Waals surface area contributed by atoms with Crippen molar-refractivity contribution in [2.24, 2.45) is 0 Å². The van der Waals surface area contributed by atoms with E-state index in [1.54, 1.807) is 28.5 Å². The molecule has 104 valence electrons. The Morgan fingerprint density at radius 3 is 3.05 bits per heavy atom. The summed E-state index contributed by atoms with van der Waals surface area (Å²) in [7, 11) is 0. The minimum Gasteiger partial charge on any atom is -0.480 e. The first-order chi connectivity index (χ1) is 9.68. The van der Waals surface area contributed by atoms with Crippen LogP contribution in [0.5, 0.6) is 0 Å². The molecule has 0 spiro atoms. The van der Waals surface area contributed by atoms with E-state index in [1.807, 2.05) is 12.1 Å². The topological polar surface area (TPSA) is 74.9 Å². The van der Waals surface area contributed by atoms with E-state index in [-0.39, 0.29) is 5.91 Å². The smallest absolute Gasteiger partial charge is 0.327 e. The molecule has 1 aliphatic heterocycles. The molecule has 1 fully saturated rings. The van der Waals surface area contributed by atoms with Crippen LogP contribution in [0, 0.1) is 0 Å². The number of carboxylic acid groups (broad SMARTS) is 1. The molecular formula is C13H13N3O3S. The van der Waals surface area contributed by atoms with E-state index in [1.165, 1.54) is 11.1 Å². The van der Waals surface area contributed by atoms with Gasteiger partial charge in [-0.25, -0.2) is 9.31 Å². The van der Waals surface area contributed by atoms with Crippen LogP contribution in [-0.2, 0) is 4.79 Å². The van der Waals surface area contributed by atoms with Crippen LogP contribution >= 0.6 is 11.8 Å². The van der Waals surface area contributed by atoms with E-state index in [2.05, 4.69) is 5.10 Å². The molecule has 0 aromatic carbocycles. The van der Waals surface area contributed by atoms with Crippen LogP contribution in [0.4, 0.5) is 0 Å². The van der Waals surface area contributed by atoms with Crippen molar-refractivity contribution < 1.29 is 14.7 Å². The highest BCUT2D eigenvalue weighted by Gasteiger charge is 2.33. The van der Waals surface area contributed by atoms with Crippen LogP contribution in [0.2, 0.25) is 0 Å². The van der Waals surface area contributed by atoms with Gasteiger partial charge in [-0.05, 0) is 12.1 Å². The molecule has 7 heteroatoms. The third-order valence-electron chi connectivity index (χ3n) is 3.33. The van der Waals surface area contributed by atoms with Gasteiger partial charge in [0.05, 0.1) is 17.3 Å². The zero-order valence-electron chi connectivity index (χ0n) is 10.6. The summed E-state index contributed by atoms with van der Waals surface area (Å²) in [5.74, 6) is -0.0319. The molecule has 20 heavy (non-hydrogen) atoms. The normalized spacial score (nSPS) is 19.2. The average Bonchev–Trinajstić information content (AvgIpc) is 2.90. The second-order valence-corrected chi connectivity index (χ2v) is 5.67. The van der Waals surface area contributed by atoms with Crippen LogP contribution in [0.3, 0.4) is 0 Å². The van der Waals surface area contributed by atoms with Gasteiger partial charge in [-0.3, -0.25) is 4.79 Å². The summed E-state index contributed by atoms with van der Waals surface area (Å²) in [6, 6.07) is 4.69. The number of aliphatic carboxylic acids is 1. The second kappa shape index (κ2) is 5.16. The molecule has 1 saturated heterocycles. The molecule has 3 rings (SSSR count). The summed E-state index contributed by atoms with van der Waals surface area (Å²) in [6.07, 6.45) is 3.26. The van der Waals surface area contributed by atoms with E-state index in [9.17, 15) is 14.7 Å². The van der Waals surface area contributed by atoms with E-state index in [4.69, 9.17) is 0 Å². The highest BCUT2D eigenvalue weighted by molar-refractivity contribution is 7.99. The molecule has 1 N–H and O–H groups in total. The molecule has 1 amide bonds. The van der Waals surface area contributed by atoms with E-state index in [0.29, 0.717) is 23.4 Å². The first-order valence-corrected chi connectivity index (χ1v) is 7.38. The number of aromatic nitrogens is 2. The van der Waals surface area contributed by atoms with Crippen LogP contribution in [0.25, 0.3) is 5.52 Å². The SMILES string of the molecule is O=C(O)C1CSCCN1C(=O)c1cnn2ccccc12. The predicted octanol–water partition coefficient (Wildman–Crippen LogP) is 0.976. The number of carbonyl (C=O) groups is 2. The molecule has 0 saturated carbocycles. The highest BCUT2D eigenvalue weighted by Crippen LogP contribution is 2.21. The number of nitrogens with zero attached hydrogens (tertiary/aromatic N) is 3. The molecule has 0 bridgehead atoms. The molecule has 3 heterocycles. The first kappa shape index (κ1) is 13.0. The summed E-state index contributed by atoms with van der Waals surface area (Å²) in [5.41, 5.74) is 1.14. The van der Waals surface area contributed by atoms with Gasteiger partial charge in [0.1, 0.15) is 6.04 Å². The van der Waals surface area contributed by atoms with Crippen LogP contribution < -0.4 is 0 Å². The van der Waals surface area contributed by atoms with Crippen molar-refractivity contribution in [2.75, 3.05) is 18.1 Å². The van der Waals surface area contributed by atoms with Gasteiger partial charge < -0.3 is 10.0 Å². The lowest BCUT2D eigenvalue weighted by Crippen LogP contribution is -2.50. The Morgan fingerprint density at radius 2 is 2.25 bits per heavy atom. The number of carbonyl (C=O) groups excluding carboxylic acids is 1. The first-order valence-electron chi connectivity index (χ1n) is 6.22. The van der Waals surface area contributed by atoms with Gasteiger partial charge in [0.2, 0.25) is 0 Å². The molecule has 1 aliphatic rings. The lowest BCUT2D eigenvalue weighted by atomic mass is 10.2. The highest BCUT2D eigenvalue weighted by atomic mass is 32.2. The number of hydrogen-bond acceptors (Lipinski definition) is 4. The standard InChI is InChI=1S/C13H13N3O3S/c17-12(15-5-6-20-8-11(15)13(18)19)9-7-14-16-4-2-1-3-10(9)16/h1-4,7,11H,5-6,8H2,(H,18,19). The molecule has 2 aromatic heterocycles. The average molecular weight is 291 g/mol. The van der Waals surface area contributed by atoms with E-state index >= 15 is 0 Å². The third kappa shape index (κ3) is 2.14. The van der Waals surface area contributed by atoms with Crippen molar-refractivity contribution >= 4 is 29.2 Å². The summed E-state index contributed by atoms with van der Waals surface area (Å²) < 4.78 is 1.61. The van der Waals surface area contributed by atoms with Gasteiger partial charge >= 0.3 is 5.97 Å². The van der Waals surface area contributed by atoms with Crippen LogP contribution in [0.1, 0.15) is 10.4 Å². The summed E-state index contributed by atoms with van der Waals surface area (Å²) >= 11 is 1.56. The maximum absolute atomic E-state index is 12.6. The molecular weight excluding hydrogens is 278 g/mol. The zero-order valence-corrected chi connectivity index (χ0v) is 11.4. The lowest BCUT2D eigenvalue weighted by molar-refractivity contribution is -0.141. The minimum atomic E-state index is -0.956. The van der Waals surface area contributed by atoms with Gasteiger partial charge in [-0.1, -0.05) is 6.07 Å². The van der Waals surface area contributed by atoms with Gasteiger partial charge in [-0.2, -0.15) is 16.9 Å².